The van der Waals surface area contributed by atoms with E-state index in [0.717, 1.165) is 12.0 Å². The van der Waals surface area contributed by atoms with E-state index in [1.165, 1.54) is 45.2 Å². The SMILES string of the molecule is CN(C(=O)Cc1ccc(O)c(Cl)c1)C1CCCC[C@H]1N1CCCC1. The summed E-state index contributed by atoms with van der Waals surface area (Å²) in [5.74, 6) is 0.190. The van der Waals surface area contributed by atoms with E-state index < -0.39 is 0 Å². The molecule has 132 valence electrons. The van der Waals surface area contributed by atoms with Crippen LogP contribution in [-0.2, 0) is 11.2 Å². The Morgan fingerprint density at radius 3 is 2.67 bits per heavy atom. The molecule has 1 aromatic carbocycles. The maximum absolute atomic E-state index is 12.8. The lowest BCUT2D eigenvalue weighted by molar-refractivity contribution is -0.133. The van der Waals surface area contributed by atoms with Gasteiger partial charge in [-0.25, -0.2) is 0 Å². The van der Waals surface area contributed by atoms with Gasteiger partial charge in [-0.05, 0) is 56.5 Å². The van der Waals surface area contributed by atoms with Crippen molar-refractivity contribution in [1.29, 1.82) is 0 Å². The smallest absolute Gasteiger partial charge is 0.227 e. The predicted octanol–water partition coefficient (Wildman–Crippen LogP) is 3.45. The summed E-state index contributed by atoms with van der Waals surface area (Å²) in [4.78, 5) is 17.3. The molecule has 1 aliphatic heterocycles. The van der Waals surface area contributed by atoms with E-state index in [-0.39, 0.29) is 11.7 Å². The molecule has 1 saturated carbocycles. The molecule has 2 atom stereocenters. The summed E-state index contributed by atoms with van der Waals surface area (Å²) in [6.07, 6.45) is 7.68. The first-order valence-electron chi connectivity index (χ1n) is 9.03. The Balaban J connectivity index is 1.67. The van der Waals surface area contributed by atoms with Gasteiger partial charge in [-0.3, -0.25) is 9.69 Å². The predicted molar refractivity (Wildman–Crippen MR) is 96.4 cm³/mol. The number of likely N-dealkylation sites (tertiary alicyclic amines) is 1. The number of hydrogen-bond donors (Lipinski definition) is 1. The van der Waals surface area contributed by atoms with Gasteiger partial charge in [-0.1, -0.05) is 30.5 Å². The number of phenols is 1. The maximum atomic E-state index is 12.8. The van der Waals surface area contributed by atoms with Crippen LogP contribution in [0.3, 0.4) is 0 Å². The van der Waals surface area contributed by atoms with Gasteiger partial charge in [-0.2, -0.15) is 0 Å². The fourth-order valence-corrected chi connectivity index (χ4v) is 4.39. The number of carbonyl (C=O) groups excluding carboxylic acids is 1. The van der Waals surface area contributed by atoms with Crippen molar-refractivity contribution in [3.05, 3.63) is 28.8 Å². The summed E-state index contributed by atoms with van der Waals surface area (Å²) in [6, 6.07) is 5.83. The third-order valence-electron chi connectivity index (χ3n) is 5.56. The van der Waals surface area contributed by atoms with Crippen molar-refractivity contribution >= 4 is 17.5 Å². The Morgan fingerprint density at radius 2 is 1.96 bits per heavy atom. The summed E-state index contributed by atoms with van der Waals surface area (Å²) in [5, 5.41) is 9.82. The molecule has 1 N–H and O–H groups in total. The zero-order valence-electron chi connectivity index (χ0n) is 14.4. The summed E-state index contributed by atoms with van der Waals surface area (Å²) >= 11 is 5.95. The average molecular weight is 351 g/mol. The van der Waals surface area contributed by atoms with E-state index in [2.05, 4.69) is 4.90 Å². The molecule has 5 heteroatoms. The van der Waals surface area contributed by atoms with E-state index in [1.807, 2.05) is 11.9 Å². The van der Waals surface area contributed by atoms with Crippen LogP contribution >= 0.6 is 11.6 Å². The van der Waals surface area contributed by atoms with E-state index in [0.29, 0.717) is 23.5 Å². The monoisotopic (exact) mass is 350 g/mol. The fourth-order valence-electron chi connectivity index (χ4n) is 4.19. The highest BCUT2D eigenvalue weighted by atomic mass is 35.5. The quantitative estimate of drug-likeness (QED) is 0.904. The molecule has 3 rings (SSSR count). The average Bonchev–Trinajstić information content (AvgIpc) is 3.12. The van der Waals surface area contributed by atoms with Gasteiger partial charge < -0.3 is 10.0 Å². The molecule has 1 unspecified atom stereocenters. The molecule has 0 radical (unpaired) electrons. The highest BCUT2D eigenvalue weighted by Crippen LogP contribution is 2.30. The normalized spacial score (nSPS) is 24.9. The molecule has 1 amide bonds. The summed E-state index contributed by atoms with van der Waals surface area (Å²) < 4.78 is 0. The third kappa shape index (κ3) is 3.86. The van der Waals surface area contributed by atoms with Gasteiger partial charge in [0, 0.05) is 19.1 Å². The van der Waals surface area contributed by atoms with Gasteiger partial charge >= 0.3 is 0 Å². The Hall–Kier alpha value is -1.26. The molecular formula is C19H27ClN2O2. The minimum absolute atomic E-state index is 0.0580. The molecule has 1 aliphatic carbocycles. The van der Waals surface area contributed by atoms with Gasteiger partial charge in [0.25, 0.3) is 0 Å². The molecule has 2 fully saturated rings. The van der Waals surface area contributed by atoms with Crippen LogP contribution in [0.2, 0.25) is 5.02 Å². The second kappa shape index (κ2) is 7.75. The summed E-state index contributed by atoms with van der Waals surface area (Å²) in [7, 11) is 1.95. The lowest BCUT2D eigenvalue weighted by Crippen LogP contribution is -2.53. The second-order valence-corrected chi connectivity index (χ2v) is 7.54. The van der Waals surface area contributed by atoms with E-state index in [9.17, 15) is 9.90 Å². The van der Waals surface area contributed by atoms with Gasteiger partial charge in [-0.15, -0.1) is 0 Å². The minimum atomic E-state index is 0.0580. The Kier molecular flexibility index (Phi) is 5.67. The Morgan fingerprint density at radius 1 is 1.25 bits per heavy atom. The number of aromatic hydroxyl groups is 1. The summed E-state index contributed by atoms with van der Waals surface area (Å²) in [5.41, 5.74) is 0.850. The van der Waals surface area contributed by atoms with Crippen LogP contribution in [0, 0.1) is 0 Å². The number of benzene rings is 1. The van der Waals surface area contributed by atoms with Gasteiger partial charge in [0.05, 0.1) is 11.4 Å². The molecule has 2 aliphatic rings. The topological polar surface area (TPSA) is 43.8 Å². The van der Waals surface area contributed by atoms with Crippen LogP contribution in [0.4, 0.5) is 0 Å². The lowest BCUT2D eigenvalue weighted by atomic mass is 9.88. The zero-order valence-corrected chi connectivity index (χ0v) is 15.1. The second-order valence-electron chi connectivity index (χ2n) is 7.13. The van der Waals surface area contributed by atoms with Crippen LogP contribution in [-0.4, -0.2) is 53.0 Å². The molecule has 1 heterocycles. The van der Waals surface area contributed by atoms with Crippen molar-refractivity contribution < 1.29 is 9.90 Å². The number of nitrogens with zero attached hydrogens (tertiary/aromatic N) is 2. The van der Waals surface area contributed by atoms with E-state index in [1.54, 1.807) is 18.2 Å². The lowest BCUT2D eigenvalue weighted by Gasteiger charge is -2.42. The highest BCUT2D eigenvalue weighted by molar-refractivity contribution is 6.32. The number of likely N-dealkylation sites (N-methyl/N-ethyl adjacent to an activating group) is 1. The number of amides is 1. The maximum Gasteiger partial charge on any atom is 0.227 e. The van der Waals surface area contributed by atoms with Crippen molar-refractivity contribution in [2.24, 2.45) is 0 Å². The van der Waals surface area contributed by atoms with Crippen molar-refractivity contribution in [3.63, 3.8) is 0 Å². The number of phenolic OH excluding ortho intramolecular Hbond substituents is 1. The Bertz CT molecular complexity index is 587. The zero-order chi connectivity index (χ0) is 17.1. The molecule has 0 bridgehead atoms. The first-order chi connectivity index (χ1) is 11.6. The van der Waals surface area contributed by atoms with Crippen molar-refractivity contribution in [2.45, 2.75) is 57.0 Å². The molecule has 0 spiro atoms. The highest BCUT2D eigenvalue weighted by Gasteiger charge is 2.35. The number of carbonyl (C=O) groups is 1. The number of rotatable bonds is 4. The first kappa shape index (κ1) is 17.6. The first-order valence-corrected chi connectivity index (χ1v) is 9.41. The van der Waals surface area contributed by atoms with Crippen LogP contribution in [0.15, 0.2) is 18.2 Å². The van der Waals surface area contributed by atoms with Gasteiger partial charge in [0.15, 0.2) is 0 Å². The van der Waals surface area contributed by atoms with Crippen LogP contribution in [0.5, 0.6) is 5.75 Å². The number of halogens is 1. The fraction of sp³-hybridized carbons (Fsp3) is 0.632. The molecule has 4 nitrogen and oxygen atoms in total. The van der Waals surface area contributed by atoms with Crippen LogP contribution < -0.4 is 0 Å². The minimum Gasteiger partial charge on any atom is -0.506 e. The molecule has 1 aromatic rings. The molecule has 24 heavy (non-hydrogen) atoms. The van der Waals surface area contributed by atoms with Crippen molar-refractivity contribution in [1.82, 2.24) is 9.80 Å². The van der Waals surface area contributed by atoms with Gasteiger partial charge in [0.1, 0.15) is 5.75 Å². The Labute approximate surface area is 149 Å². The standard InChI is InChI=1S/C19H27ClN2O2/c1-21(19(24)13-14-8-9-18(23)15(20)12-14)16-6-2-3-7-17(16)22-10-4-5-11-22/h8-9,12,16-17,23H,2-7,10-11,13H2,1H3/t16?,17-/m1/s1. The molecule has 1 saturated heterocycles. The number of hydrogen-bond acceptors (Lipinski definition) is 3. The third-order valence-corrected chi connectivity index (χ3v) is 5.86. The van der Waals surface area contributed by atoms with Crippen molar-refractivity contribution in [2.75, 3.05) is 20.1 Å². The van der Waals surface area contributed by atoms with Crippen molar-refractivity contribution in [3.8, 4) is 5.75 Å². The molecular weight excluding hydrogens is 324 g/mol. The van der Waals surface area contributed by atoms with E-state index in [4.69, 9.17) is 11.6 Å². The van der Waals surface area contributed by atoms with Crippen LogP contribution in [0.1, 0.15) is 44.1 Å². The summed E-state index contributed by atoms with van der Waals surface area (Å²) in [6.45, 7) is 2.35. The largest absolute Gasteiger partial charge is 0.506 e. The van der Waals surface area contributed by atoms with Gasteiger partial charge in [0.2, 0.25) is 5.91 Å². The van der Waals surface area contributed by atoms with E-state index >= 15 is 0 Å². The molecule has 0 aromatic heterocycles. The van der Waals surface area contributed by atoms with Crippen LogP contribution in [0.25, 0.3) is 0 Å².